The number of hydrogen-bond acceptors (Lipinski definition) is 3. The molecule has 1 fully saturated rings. The molecule has 0 aliphatic heterocycles. The molecule has 3 unspecified atom stereocenters. The second-order valence-electron chi connectivity index (χ2n) is 6.76. The van der Waals surface area contributed by atoms with Crippen molar-refractivity contribution in [3.8, 4) is 0 Å². The molecule has 0 saturated heterocycles. The van der Waals surface area contributed by atoms with Crippen molar-refractivity contribution in [2.24, 2.45) is 11.8 Å². The third-order valence-electron chi connectivity index (χ3n) is 3.78. The summed E-state index contributed by atoms with van der Waals surface area (Å²) in [4.78, 5) is 0. The van der Waals surface area contributed by atoms with Crippen LogP contribution in [0.25, 0.3) is 0 Å². The van der Waals surface area contributed by atoms with Gasteiger partial charge in [-0.15, -0.1) is 0 Å². The highest BCUT2D eigenvalue weighted by molar-refractivity contribution is 4.75. The van der Waals surface area contributed by atoms with Gasteiger partial charge in [0.05, 0.1) is 18.3 Å². The lowest BCUT2D eigenvalue weighted by atomic mass is 9.80. The lowest BCUT2D eigenvalue weighted by Crippen LogP contribution is -2.37. The second kappa shape index (κ2) is 7.46. The zero-order valence-corrected chi connectivity index (χ0v) is 12.5. The first-order chi connectivity index (χ1) is 8.38. The molecule has 0 amide bonds. The first kappa shape index (κ1) is 15.9. The van der Waals surface area contributed by atoms with E-state index in [4.69, 9.17) is 4.74 Å². The van der Waals surface area contributed by atoms with Crippen LogP contribution in [-0.2, 0) is 4.74 Å². The fourth-order valence-electron chi connectivity index (χ4n) is 2.54. The predicted molar refractivity (Wildman–Crippen MR) is 75.7 cm³/mol. The van der Waals surface area contributed by atoms with Crippen molar-refractivity contribution in [1.29, 1.82) is 0 Å². The first-order valence-corrected chi connectivity index (χ1v) is 7.41. The van der Waals surface area contributed by atoms with Crippen LogP contribution < -0.4 is 5.32 Å². The van der Waals surface area contributed by atoms with Gasteiger partial charge in [-0.25, -0.2) is 0 Å². The fourth-order valence-corrected chi connectivity index (χ4v) is 2.54. The molecular weight excluding hydrogens is 226 g/mol. The zero-order chi connectivity index (χ0) is 13.6. The van der Waals surface area contributed by atoms with Crippen molar-refractivity contribution in [2.75, 3.05) is 19.7 Å². The number of rotatable bonds is 6. The van der Waals surface area contributed by atoms with E-state index in [1.54, 1.807) is 0 Å². The van der Waals surface area contributed by atoms with Gasteiger partial charge in [0.2, 0.25) is 0 Å². The van der Waals surface area contributed by atoms with E-state index in [0.29, 0.717) is 13.2 Å². The highest BCUT2D eigenvalue weighted by atomic mass is 16.5. The number of nitrogens with one attached hydrogen (secondary N) is 1. The van der Waals surface area contributed by atoms with E-state index in [1.165, 1.54) is 25.7 Å². The molecule has 0 aromatic carbocycles. The molecule has 3 heteroatoms. The average Bonchev–Trinajstić information content (AvgIpc) is 2.28. The van der Waals surface area contributed by atoms with Crippen LogP contribution in [0.2, 0.25) is 0 Å². The van der Waals surface area contributed by atoms with E-state index in [-0.39, 0.29) is 5.60 Å². The summed E-state index contributed by atoms with van der Waals surface area (Å²) in [6.45, 7) is 10.5. The van der Waals surface area contributed by atoms with Crippen molar-refractivity contribution < 1.29 is 9.84 Å². The Hall–Kier alpha value is -0.120. The lowest BCUT2D eigenvalue weighted by molar-refractivity contribution is -0.0481. The number of aliphatic hydroxyl groups is 1. The molecule has 0 aromatic heterocycles. The Balaban J connectivity index is 2.09. The standard InChI is InChI=1S/C15H31NO2/c1-12-7-5-6-8-13(12)9-16-10-14(17)11-18-15(2,3)4/h12-14,16-17H,5-11H2,1-4H3. The van der Waals surface area contributed by atoms with Gasteiger partial charge in [-0.1, -0.05) is 26.2 Å². The van der Waals surface area contributed by atoms with Crippen molar-refractivity contribution in [3.05, 3.63) is 0 Å². The highest BCUT2D eigenvalue weighted by Gasteiger charge is 2.21. The third kappa shape index (κ3) is 6.72. The number of aliphatic hydroxyl groups excluding tert-OH is 1. The molecule has 1 saturated carbocycles. The predicted octanol–water partition coefficient (Wildman–Crippen LogP) is 2.58. The van der Waals surface area contributed by atoms with Gasteiger partial charge in [0, 0.05) is 6.54 Å². The Kier molecular flexibility index (Phi) is 6.61. The summed E-state index contributed by atoms with van der Waals surface area (Å²) >= 11 is 0. The van der Waals surface area contributed by atoms with Crippen LogP contribution >= 0.6 is 0 Å². The molecule has 1 aliphatic rings. The van der Waals surface area contributed by atoms with Crippen LogP contribution in [0.4, 0.5) is 0 Å². The molecule has 108 valence electrons. The van der Waals surface area contributed by atoms with E-state index < -0.39 is 6.10 Å². The van der Waals surface area contributed by atoms with Crippen molar-refractivity contribution in [2.45, 2.75) is 65.1 Å². The molecule has 1 rings (SSSR count). The molecule has 3 atom stereocenters. The largest absolute Gasteiger partial charge is 0.389 e. The molecule has 0 spiro atoms. The van der Waals surface area contributed by atoms with E-state index in [9.17, 15) is 5.11 Å². The zero-order valence-electron chi connectivity index (χ0n) is 12.5. The van der Waals surface area contributed by atoms with Gasteiger partial charge in [-0.05, 0) is 45.6 Å². The van der Waals surface area contributed by atoms with Gasteiger partial charge in [0.25, 0.3) is 0 Å². The smallest absolute Gasteiger partial charge is 0.0897 e. The van der Waals surface area contributed by atoms with Crippen LogP contribution in [0.15, 0.2) is 0 Å². The number of ether oxygens (including phenoxy) is 1. The molecule has 1 aliphatic carbocycles. The topological polar surface area (TPSA) is 41.5 Å². The van der Waals surface area contributed by atoms with Gasteiger partial charge in [0.1, 0.15) is 0 Å². The molecule has 18 heavy (non-hydrogen) atoms. The summed E-state index contributed by atoms with van der Waals surface area (Å²) in [5.74, 6) is 1.61. The Bertz CT molecular complexity index is 225. The number of hydrogen-bond donors (Lipinski definition) is 2. The highest BCUT2D eigenvalue weighted by Crippen LogP contribution is 2.28. The molecule has 0 bridgehead atoms. The summed E-state index contributed by atoms with van der Waals surface area (Å²) in [5.41, 5.74) is -0.168. The monoisotopic (exact) mass is 257 g/mol. The maximum atomic E-state index is 9.82. The summed E-state index contributed by atoms with van der Waals surface area (Å²) in [5, 5.41) is 13.2. The van der Waals surface area contributed by atoms with Gasteiger partial charge < -0.3 is 15.2 Å². The molecule has 2 N–H and O–H groups in total. The fraction of sp³-hybridized carbons (Fsp3) is 1.00. The molecule has 3 nitrogen and oxygen atoms in total. The Morgan fingerprint density at radius 2 is 1.94 bits per heavy atom. The van der Waals surface area contributed by atoms with E-state index in [2.05, 4.69) is 12.2 Å². The van der Waals surface area contributed by atoms with Gasteiger partial charge in [-0.3, -0.25) is 0 Å². The first-order valence-electron chi connectivity index (χ1n) is 7.41. The maximum absolute atomic E-state index is 9.82. The van der Waals surface area contributed by atoms with Crippen molar-refractivity contribution >= 4 is 0 Å². The van der Waals surface area contributed by atoms with Crippen LogP contribution in [-0.4, -0.2) is 36.5 Å². The quantitative estimate of drug-likeness (QED) is 0.768. The normalized spacial score (nSPS) is 27.2. The Labute approximate surface area is 112 Å². The van der Waals surface area contributed by atoms with Crippen molar-refractivity contribution in [1.82, 2.24) is 5.32 Å². The van der Waals surface area contributed by atoms with Crippen LogP contribution in [0.5, 0.6) is 0 Å². The van der Waals surface area contributed by atoms with E-state index in [1.807, 2.05) is 20.8 Å². The van der Waals surface area contributed by atoms with Crippen LogP contribution in [0, 0.1) is 11.8 Å². The minimum Gasteiger partial charge on any atom is -0.389 e. The van der Waals surface area contributed by atoms with Gasteiger partial charge in [0.15, 0.2) is 0 Å². The molecular formula is C15H31NO2. The molecule has 0 radical (unpaired) electrons. The van der Waals surface area contributed by atoms with Crippen LogP contribution in [0.1, 0.15) is 53.4 Å². The van der Waals surface area contributed by atoms with E-state index >= 15 is 0 Å². The molecule has 0 aromatic rings. The summed E-state index contributed by atoms with van der Waals surface area (Å²) in [6.07, 6.45) is 5.06. The summed E-state index contributed by atoms with van der Waals surface area (Å²) in [7, 11) is 0. The summed E-state index contributed by atoms with van der Waals surface area (Å²) < 4.78 is 5.56. The third-order valence-corrected chi connectivity index (χ3v) is 3.78. The Morgan fingerprint density at radius 1 is 1.28 bits per heavy atom. The van der Waals surface area contributed by atoms with Gasteiger partial charge >= 0.3 is 0 Å². The van der Waals surface area contributed by atoms with Crippen LogP contribution in [0.3, 0.4) is 0 Å². The lowest BCUT2D eigenvalue weighted by Gasteiger charge is -2.29. The Morgan fingerprint density at radius 3 is 2.56 bits per heavy atom. The summed E-state index contributed by atoms with van der Waals surface area (Å²) in [6, 6.07) is 0. The molecule has 0 heterocycles. The minimum absolute atomic E-state index is 0.168. The SMILES string of the molecule is CC1CCCCC1CNCC(O)COC(C)(C)C. The average molecular weight is 257 g/mol. The van der Waals surface area contributed by atoms with Crippen molar-refractivity contribution in [3.63, 3.8) is 0 Å². The van der Waals surface area contributed by atoms with Gasteiger partial charge in [-0.2, -0.15) is 0 Å². The second-order valence-corrected chi connectivity index (χ2v) is 6.76. The van der Waals surface area contributed by atoms with E-state index in [0.717, 1.165) is 18.4 Å². The maximum Gasteiger partial charge on any atom is 0.0897 e. The minimum atomic E-state index is -0.400.